The molecule has 0 saturated heterocycles. The first-order valence-electron chi connectivity index (χ1n) is 15.4. The van der Waals surface area contributed by atoms with Crippen molar-refractivity contribution in [3.8, 4) is 5.75 Å². The van der Waals surface area contributed by atoms with Crippen LogP contribution >= 0.6 is 19.2 Å². The first-order chi connectivity index (χ1) is 19.5. The summed E-state index contributed by atoms with van der Waals surface area (Å²) < 4.78 is 36.0. The average Bonchev–Trinajstić information content (AvgIpc) is 3.45. The van der Waals surface area contributed by atoms with Gasteiger partial charge in [0.25, 0.3) is 0 Å². The molecule has 0 radical (unpaired) electrons. The highest BCUT2D eigenvalue weighted by atomic mass is 32.1. The Kier molecular flexibility index (Phi) is 19.5. The Bertz CT molecular complexity index is 896. The molecule has 1 aromatic heterocycles. The van der Waals surface area contributed by atoms with Gasteiger partial charge < -0.3 is 23.4 Å². The third-order valence-corrected chi connectivity index (χ3v) is 8.37. The quantitative estimate of drug-likeness (QED) is 0.0624. The highest BCUT2D eigenvalue weighted by Crippen LogP contribution is 2.39. The monoisotopic (exact) mass is 597 g/mol. The summed E-state index contributed by atoms with van der Waals surface area (Å²) in [6, 6.07) is 6.95. The van der Waals surface area contributed by atoms with Gasteiger partial charge in [0.2, 0.25) is 5.51 Å². The molecule has 0 bridgehead atoms. The number of unbranched alkanes of at least 4 members (excludes halogenated alkanes) is 13. The second-order valence-electron chi connectivity index (χ2n) is 10.4. The molecule has 2 unspecified atom stereocenters. The van der Waals surface area contributed by atoms with Crippen molar-refractivity contribution < 1.29 is 32.5 Å². The van der Waals surface area contributed by atoms with E-state index >= 15 is 0 Å². The molecule has 9 heteroatoms. The lowest BCUT2D eigenvalue weighted by atomic mass is 10.0. The summed E-state index contributed by atoms with van der Waals surface area (Å²) in [5.74, 6) is 0.222. The normalized spacial score (nSPS) is 13.8. The van der Waals surface area contributed by atoms with Crippen LogP contribution in [0.2, 0.25) is 0 Å². The Labute approximate surface area is 246 Å². The van der Waals surface area contributed by atoms with Gasteiger partial charge in [-0.2, -0.15) is 4.57 Å². The summed E-state index contributed by atoms with van der Waals surface area (Å²) in [4.78, 5) is 12.4. The van der Waals surface area contributed by atoms with Crippen LogP contribution in [0.5, 0.6) is 5.75 Å². The van der Waals surface area contributed by atoms with E-state index in [-0.39, 0.29) is 12.4 Å². The van der Waals surface area contributed by atoms with E-state index in [1.807, 2.05) is 36.1 Å². The van der Waals surface area contributed by atoms with Crippen molar-refractivity contribution in [3.63, 3.8) is 0 Å². The molecule has 0 aliphatic heterocycles. The lowest BCUT2D eigenvalue weighted by molar-refractivity contribution is -0.683. The highest BCUT2D eigenvalue weighted by Gasteiger charge is 2.17. The minimum absolute atomic E-state index is 0.139. The fourth-order valence-corrected chi connectivity index (χ4v) is 5.92. The number of nitrogens with zero attached hydrogens (tertiary/aromatic N) is 1. The molecule has 0 amide bonds. The van der Waals surface area contributed by atoms with E-state index in [9.17, 15) is 9.46 Å². The molecule has 2 aromatic rings. The van der Waals surface area contributed by atoms with Crippen molar-refractivity contribution in [3.05, 3.63) is 46.9 Å². The summed E-state index contributed by atoms with van der Waals surface area (Å²) >= 11 is 1.62. The maximum Gasteiger partial charge on any atom is 0.319 e. The van der Waals surface area contributed by atoms with Crippen LogP contribution in [0.15, 0.2) is 41.4 Å². The number of rotatable bonds is 26. The van der Waals surface area contributed by atoms with Gasteiger partial charge in [0, 0.05) is 18.8 Å². The first kappa shape index (κ1) is 34.9. The van der Waals surface area contributed by atoms with Crippen LogP contribution in [0.3, 0.4) is 0 Å². The number of phosphoric acid groups is 1. The average molecular weight is 598 g/mol. The number of benzene rings is 1. The Hall–Kier alpha value is -1.28. The molecule has 2 rings (SSSR count). The molecule has 40 heavy (non-hydrogen) atoms. The Balaban J connectivity index is 1.50. The molecular formula is C31H52NO6PS. The summed E-state index contributed by atoms with van der Waals surface area (Å²) in [6.07, 6.45) is 20.0. The molecule has 0 aliphatic carbocycles. The number of phosphoric ester groups is 1. The zero-order valence-corrected chi connectivity index (χ0v) is 26.5. The molecule has 0 saturated carbocycles. The maximum atomic E-state index is 12.4. The van der Waals surface area contributed by atoms with Gasteiger partial charge in [-0.1, -0.05) is 102 Å². The summed E-state index contributed by atoms with van der Waals surface area (Å²) in [5.41, 5.74) is 3.06. The first-order valence-corrected chi connectivity index (χ1v) is 17.8. The Morgan fingerprint density at radius 2 is 1.45 bits per heavy atom. The van der Waals surface area contributed by atoms with E-state index in [1.165, 1.54) is 77.0 Å². The van der Waals surface area contributed by atoms with Crippen LogP contribution in [0.4, 0.5) is 0 Å². The standard InChI is InChI=1S/C31H52NO6PS/c1-3-5-6-7-8-9-10-11-12-13-14-15-16-17-23-35-26-31(36-4-2)27-37-39(33,34)38-30-20-18-29(19-21-30)25-32-22-24-40-28-32/h18-22,24,28,31H,3-17,23,25-27H2,1-2H3. The van der Waals surface area contributed by atoms with Crippen molar-refractivity contribution in [2.24, 2.45) is 0 Å². The SMILES string of the molecule is CCCCCCCCCCCCCCCCOCC(COP(=O)([O-])Oc1ccc(C[n+]2ccsc2)cc1)OCC. The number of hydrogen-bond acceptors (Lipinski definition) is 7. The molecule has 0 aliphatic rings. The summed E-state index contributed by atoms with van der Waals surface area (Å²) in [5, 5.41) is 2.00. The molecule has 0 spiro atoms. The number of aromatic nitrogens is 1. The van der Waals surface area contributed by atoms with Gasteiger partial charge in [0.1, 0.15) is 11.9 Å². The van der Waals surface area contributed by atoms with Crippen LogP contribution in [0.25, 0.3) is 0 Å². The lowest BCUT2D eigenvalue weighted by Gasteiger charge is -2.26. The van der Waals surface area contributed by atoms with Crippen molar-refractivity contribution in [2.75, 3.05) is 26.4 Å². The zero-order chi connectivity index (χ0) is 28.7. The highest BCUT2D eigenvalue weighted by molar-refractivity contribution is 7.46. The van der Waals surface area contributed by atoms with Gasteiger partial charge >= 0.3 is 7.82 Å². The number of hydrogen-bond donors (Lipinski definition) is 0. The third-order valence-electron chi connectivity index (χ3n) is 6.80. The van der Waals surface area contributed by atoms with Gasteiger partial charge in [-0.25, -0.2) is 0 Å². The van der Waals surface area contributed by atoms with Crippen LogP contribution in [0.1, 0.15) is 109 Å². The van der Waals surface area contributed by atoms with Crippen molar-refractivity contribution in [2.45, 2.75) is 116 Å². The Morgan fingerprint density at radius 3 is 2.00 bits per heavy atom. The fraction of sp³-hybridized carbons (Fsp3) is 0.710. The van der Waals surface area contributed by atoms with Crippen LogP contribution in [-0.4, -0.2) is 32.5 Å². The van der Waals surface area contributed by atoms with E-state index in [4.69, 9.17) is 18.5 Å². The maximum absolute atomic E-state index is 12.4. The molecule has 1 heterocycles. The lowest BCUT2D eigenvalue weighted by Crippen LogP contribution is -2.30. The molecule has 228 valence electrons. The van der Waals surface area contributed by atoms with Gasteiger partial charge in [-0.15, -0.1) is 0 Å². The van der Waals surface area contributed by atoms with Crippen LogP contribution in [0, 0.1) is 0 Å². The molecule has 2 atom stereocenters. The number of ether oxygens (including phenoxy) is 2. The zero-order valence-electron chi connectivity index (χ0n) is 24.8. The van der Waals surface area contributed by atoms with Gasteiger partial charge in [0.05, 0.1) is 18.6 Å². The van der Waals surface area contributed by atoms with E-state index < -0.39 is 13.9 Å². The van der Waals surface area contributed by atoms with Gasteiger partial charge in [-0.3, -0.25) is 4.57 Å². The molecule has 7 nitrogen and oxygen atoms in total. The van der Waals surface area contributed by atoms with Gasteiger partial charge in [0.15, 0.2) is 12.7 Å². The number of thiazole rings is 1. The smallest absolute Gasteiger partial charge is 0.319 e. The largest absolute Gasteiger partial charge is 0.746 e. The topological polar surface area (TPSA) is 80.9 Å². The second kappa shape index (κ2) is 22.3. The minimum atomic E-state index is -4.53. The van der Waals surface area contributed by atoms with Gasteiger partial charge in [-0.05, 0) is 37.6 Å². The third kappa shape index (κ3) is 17.5. The van der Waals surface area contributed by atoms with Crippen LogP contribution < -0.4 is 14.0 Å². The summed E-state index contributed by atoms with van der Waals surface area (Å²) in [6.45, 7) is 6.09. The van der Waals surface area contributed by atoms with Crippen molar-refractivity contribution in [1.29, 1.82) is 0 Å². The second-order valence-corrected chi connectivity index (χ2v) is 12.5. The Morgan fingerprint density at radius 1 is 0.850 bits per heavy atom. The minimum Gasteiger partial charge on any atom is -0.746 e. The van der Waals surface area contributed by atoms with E-state index in [1.54, 1.807) is 23.5 Å². The molecule has 1 aromatic carbocycles. The van der Waals surface area contributed by atoms with Crippen molar-refractivity contribution in [1.82, 2.24) is 0 Å². The molecule has 0 N–H and O–H groups in total. The van der Waals surface area contributed by atoms with E-state index in [2.05, 4.69) is 11.5 Å². The molecular weight excluding hydrogens is 545 g/mol. The summed E-state index contributed by atoms with van der Waals surface area (Å²) in [7, 11) is -4.53. The van der Waals surface area contributed by atoms with E-state index in [0.29, 0.717) is 26.4 Å². The molecule has 0 fully saturated rings. The predicted molar refractivity (Wildman–Crippen MR) is 161 cm³/mol. The van der Waals surface area contributed by atoms with Crippen LogP contribution in [-0.2, 0) is 25.1 Å². The predicted octanol–water partition coefficient (Wildman–Crippen LogP) is 7.85. The van der Waals surface area contributed by atoms with E-state index in [0.717, 1.165) is 18.4 Å². The fourth-order valence-electron chi connectivity index (χ4n) is 4.54. The van der Waals surface area contributed by atoms with Crippen molar-refractivity contribution >= 4 is 19.2 Å².